The fraction of sp³-hybridized carbons (Fsp3) is 0.133. The van der Waals surface area contributed by atoms with Gasteiger partial charge in [0.1, 0.15) is 11.4 Å². The monoisotopic (exact) mass is 493 g/mol. The number of hydrogen-bond acceptors (Lipinski definition) is 4. The van der Waals surface area contributed by atoms with E-state index in [9.17, 15) is 4.79 Å². The Morgan fingerprint density at radius 1 is 0.917 bits per heavy atom. The Bertz CT molecular complexity index is 1500. The van der Waals surface area contributed by atoms with E-state index in [2.05, 4.69) is 71.2 Å². The van der Waals surface area contributed by atoms with E-state index in [0.717, 1.165) is 28.2 Å². The zero-order chi connectivity index (χ0) is 25.2. The molecule has 0 aliphatic carbocycles. The van der Waals surface area contributed by atoms with Crippen molar-refractivity contribution in [2.24, 2.45) is 4.99 Å². The van der Waals surface area contributed by atoms with Gasteiger partial charge in [-0.15, -0.1) is 0 Å². The highest BCUT2D eigenvalue weighted by Crippen LogP contribution is 2.34. The third-order valence-electron chi connectivity index (χ3n) is 6.20. The summed E-state index contributed by atoms with van der Waals surface area (Å²) in [5, 5.41) is 3.42. The van der Waals surface area contributed by atoms with Crippen molar-refractivity contribution in [3.8, 4) is 22.6 Å². The first-order chi connectivity index (χ1) is 17.4. The van der Waals surface area contributed by atoms with Crippen LogP contribution in [0.25, 0.3) is 22.9 Å². The lowest BCUT2D eigenvalue weighted by molar-refractivity contribution is -0.115. The number of carbonyl (C=O) groups excluding carboxylic acids is 1. The minimum Gasteiger partial charge on any atom is -0.494 e. The molecule has 6 heteroatoms. The Labute approximate surface area is 215 Å². The number of aryl methyl sites for hydroxylation is 2. The van der Waals surface area contributed by atoms with Crippen molar-refractivity contribution in [2.75, 3.05) is 7.11 Å². The maximum Gasteiger partial charge on any atom is 0.264 e. The van der Waals surface area contributed by atoms with Gasteiger partial charge in [-0.25, -0.2) is 4.99 Å². The third-order valence-corrected chi connectivity index (χ3v) is 7.11. The van der Waals surface area contributed by atoms with Crippen LogP contribution in [0.2, 0.25) is 0 Å². The van der Waals surface area contributed by atoms with E-state index in [4.69, 9.17) is 4.74 Å². The third kappa shape index (κ3) is 4.72. The molecule has 0 atom stereocenters. The molecule has 0 radical (unpaired) electrons. The molecule has 1 aromatic heterocycles. The number of amides is 1. The molecule has 0 saturated carbocycles. The molecule has 1 N–H and O–H groups in total. The van der Waals surface area contributed by atoms with E-state index < -0.39 is 0 Å². The topological polar surface area (TPSA) is 55.6 Å². The number of nitrogens with one attached hydrogen (secondary N) is 1. The molecule has 2 heterocycles. The van der Waals surface area contributed by atoms with Crippen LogP contribution in [0, 0.1) is 20.8 Å². The predicted octanol–water partition coefficient (Wildman–Crippen LogP) is 6.97. The fourth-order valence-electron chi connectivity index (χ4n) is 4.38. The molecule has 0 bridgehead atoms. The first-order valence-corrected chi connectivity index (χ1v) is 12.5. The second-order valence-electron chi connectivity index (χ2n) is 8.73. The molecule has 5 rings (SSSR count). The first kappa shape index (κ1) is 23.7. The van der Waals surface area contributed by atoms with Crippen molar-refractivity contribution in [1.82, 2.24) is 9.88 Å². The summed E-state index contributed by atoms with van der Waals surface area (Å²) in [5.41, 5.74) is 8.42. The fourth-order valence-corrected chi connectivity index (χ4v) is 5.21. The predicted molar refractivity (Wildman–Crippen MR) is 149 cm³/mol. The van der Waals surface area contributed by atoms with Gasteiger partial charge in [-0.05, 0) is 91.2 Å². The van der Waals surface area contributed by atoms with Crippen LogP contribution in [-0.4, -0.2) is 22.8 Å². The molecular formula is C30H27N3O2S. The largest absolute Gasteiger partial charge is 0.494 e. The van der Waals surface area contributed by atoms with Crippen molar-refractivity contribution in [1.29, 1.82) is 0 Å². The molecule has 4 aromatic rings. The van der Waals surface area contributed by atoms with Gasteiger partial charge < -0.3 is 14.6 Å². The highest BCUT2D eigenvalue weighted by molar-refractivity contribution is 8.18. The minimum atomic E-state index is -0.151. The standard InChI is InChI=1S/C30H27N3O2S/c1-19-10-15-27(35-4)26(16-19)31-30-32-29(34)28(36-30)18-24-17-20(2)33(21(24)3)25-13-11-23(12-14-25)22-8-6-5-7-9-22/h5-18H,1-4H3,(H,31,32,34)/b28-18-. The number of aliphatic imine (C=N–C) groups is 1. The second kappa shape index (κ2) is 9.91. The maximum atomic E-state index is 12.7. The Kier molecular flexibility index (Phi) is 6.53. The lowest BCUT2D eigenvalue weighted by atomic mass is 10.1. The quantitative estimate of drug-likeness (QED) is 0.306. The van der Waals surface area contributed by atoms with Crippen LogP contribution < -0.4 is 10.1 Å². The van der Waals surface area contributed by atoms with E-state index in [1.54, 1.807) is 7.11 Å². The van der Waals surface area contributed by atoms with E-state index in [-0.39, 0.29) is 5.91 Å². The van der Waals surface area contributed by atoms with Crippen molar-refractivity contribution < 1.29 is 9.53 Å². The average molecular weight is 494 g/mol. The normalized spacial score (nSPS) is 15.5. The molecule has 1 amide bonds. The molecular weight excluding hydrogens is 466 g/mol. The van der Waals surface area contributed by atoms with Gasteiger partial charge in [0.2, 0.25) is 0 Å². The van der Waals surface area contributed by atoms with E-state index >= 15 is 0 Å². The lowest BCUT2D eigenvalue weighted by Gasteiger charge is -2.11. The van der Waals surface area contributed by atoms with E-state index in [1.807, 2.05) is 49.4 Å². The zero-order valence-electron chi connectivity index (χ0n) is 20.7. The molecule has 1 aliphatic heterocycles. The lowest BCUT2D eigenvalue weighted by Crippen LogP contribution is -2.19. The SMILES string of the molecule is COc1ccc(C)cc1N=C1NC(=O)/C(=C/c2cc(C)n(-c3ccc(-c4ccccc4)cc3)c2C)S1. The molecule has 5 nitrogen and oxygen atoms in total. The molecule has 1 aliphatic rings. The summed E-state index contributed by atoms with van der Waals surface area (Å²) in [4.78, 5) is 18.0. The summed E-state index contributed by atoms with van der Waals surface area (Å²) < 4.78 is 7.63. The molecule has 180 valence electrons. The van der Waals surface area contributed by atoms with Crippen molar-refractivity contribution in [3.63, 3.8) is 0 Å². The van der Waals surface area contributed by atoms with Gasteiger partial charge >= 0.3 is 0 Å². The van der Waals surface area contributed by atoms with Crippen LogP contribution in [0.3, 0.4) is 0 Å². The number of hydrogen-bond donors (Lipinski definition) is 1. The van der Waals surface area contributed by atoms with Gasteiger partial charge in [0.05, 0.1) is 12.0 Å². The maximum absolute atomic E-state index is 12.7. The second-order valence-corrected chi connectivity index (χ2v) is 9.76. The van der Waals surface area contributed by atoms with Gasteiger partial charge in [-0.1, -0.05) is 48.5 Å². The van der Waals surface area contributed by atoms with Gasteiger partial charge in [-0.3, -0.25) is 4.79 Å². The summed E-state index contributed by atoms with van der Waals surface area (Å²) in [5.74, 6) is 0.518. The van der Waals surface area contributed by atoms with Gasteiger partial charge in [0.15, 0.2) is 5.17 Å². The minimum absolute atomic E-state index is 0.151. The number of nitrogens with zero attached hydrogens (tertiary/aromatic N) is 2. The number of amidine groups is 1. The molecule has 36 heavy (non-hydrogen) atoms. The van der Waals surface area contributed by atoms with Crippen molar-refractivity contribution >= 4 is 34.6 Å². The number of methoxy groups -OCH3 is 1. The Balaban J connectivity index is 1.42. The van der Waals surface area contributed by atoms with Gasteiger partial charge in [0, 0.05) is 17.1 Å². The summed E-state index contributed by atoms with van der Waals surface area (Å²) in [6, 6.07) is 26.8. The molecule has 3 aromatic carbocycles. The van der Waals surface area contributed by atoms with E-state index in [1.165, 1.54) is 22.9 Å². The number of aromatic nitrogens is 1. The Morgan fingerprint density at radius 2 is 1.64 bits per heavy atom. The molecule has 0 spiro atoms. The van der Waals surface area contributed by atoms with Crippen LogP contribution in [0.15, 0.2) is 88.8 Å². The van der Waals surface area contributed by atoms with E-state index in [0.29, 0.717) is 21.5 Å². The number of ether oxygens (including phenoxy) is 1. The van der Waals surface area contributed by atoms with Crippen LogP contribution in [0.1, 0.15) is 22.5 Å². The molecule has 1 fully saturated rings. The molecule has 0 unspecified atom stereocenters. The highest BCUT2D eigenvalue weighted by Gasteiger charge is 2.25. The number of carbonyl (C=O) groups is 1. The van der Waals surface area contributed by atoms with Gasteiger partial charge in [-0.2, -0.15) is 0 Å². The summed E-state index contributed by atoms with van der Waals surface area (Å²) in [6.07, 6.45) is 1.94. The van der Waals surface area contributed by atoms with Crippen LogP contribution in [0.4, 0.5) is 5.69 Å². The van der Waals surface area contributed by atoms with Crippen molar-refractivity contribution in [2.45, 2.75) is 20.8 Å². The van der Waals surface area contributed by atoms with Gasteiger partial charge in [0.25, 0.3) is 5.91 Å². The number of thioether (sulfide) groups is 1. The van der Waals surface area contributed by atoms with Crippen LogP contribution in [-0.2, 0) is 4.79 Å². The number of rotatable bonds is 5. The van der Waals surface area contributed by atoms with Crippen molar-refractivity contribution in [3.05, 3.63) is 106 Å². The summed E-state index contributed by atoms with van der Waals surface area (Å²) >= 11 is 1.34. The number of benzene rings is 3. The Hall–Kier alpha value is -4.03. The average Bonchev–Trinajstić information content (AvgIpc) is 3.37. The zero-order valence-corrected chi connectivity index (χ0v) is 21.5. The summed E-state index contributed by atoms with van der Waals surface area (Å²) in [6.45, 7) is 6.16. The smallest absolute Gasteiger partial charge is 0.264 e. The highest BCUT2D eigenvalue weighted by atomic mass is 32.2. The van der Waals surface area contributed by atoms with Crippen LogP contribution >= 0.6 is 11.8 Å². The first-order valence-electron chi connectivity index (χ1n) is 11.7. The molecule has 1 saturated heterocycles. The Morgan fingerprint density at radius 3 is 2.36 bits per heavy atom. The summed E-state index contributed by atoms with van der Waals surface area (Å²) in [7, 11) is 1.62. The van der Waals surface area contributed by atoms with Crippen LogP contribution in [0.5, 0.6) is 5.75 Å².